The Kier molecular flexibility index (Phi) is 4.59. The molecule has 5 nitrogen and oxygen atoms in total. The van der Waals surface area contributed by atoms with Crippen molar-refractivity contribution in [3.63, 3.8) is 0 Å². The molecule has 1 aliphatic heterocycles. The maximum atomic E-state index is 12.1. The summed E-state index contributed by atoms with van der Waals surface area (Å²) in [4.78, 5) is 24.5. The molecule has 5 heteroatoms. The van der Waals surface area contributed by atoms with Gasteiger partial charge in [0.2, 0.25) is 0 Å². The molecule has 1 rings (SSSR count). The van der Waals surface area contributed by atoms with Gasteiger partial charge in [-0.3, -0.25) is 4.79 Å². The molecule has 0 aromatic rings. The van der Waals surface area contributed by atoms with Crippen LogP contribution in [0.2, 0.25) is 0 Å². The van der Waals surface area contributed by atoms with Gasteiger partial charge in [-0.25, -0.2) is 4.79 Å². The topological polar surface area (TPSA) is 66.8 Å². The zero-order valence-electron chi connectivity index (χ0n) is 11.6. The summed E-state index contributed by atoms with van der Waals surface area (Å²) in [5.74, 6) is -0.481. The van der Waals surface area contributed by atoms with Crippen LogP contribution in [0.25, 0.3) is 0 Å². The highest BCUT2D eigenvalue weighted by Crippen LogP contribution is 2.25. The Labute approximate surface area is 108 Å². The lowest BCUT2D eigenvalue weighted by Gasteiger charge is -2.38. The average molecular weight is 257 g/mol. The van der Waals surface area contributed by atoms with E-state index in [-0.39, 0.29) is 12.5 Å². The third kappa shape index (κ3) is 4.55. The number of likely N-dealkylation sites (tertiary alicyclic amines) is 1. The normalized spacial score (nSPS) is 24.8. The maximum Gasteiger partial charge on any atom is 0.410 e. The number of ether oxygens (including phenoxy) is 1. The van der Waals surface area contributed by atoms with Crippen molar-refractivity contribution < 1.29 is 19.4 Å². The van der Waals surface area contributed by atoms with E-state index in [1.54, 1.807) is 4.90 Å². The Balaban J connectivity index is 2.72. The van der Waals surface area contributed by atoms with Crippen molar-refractivity contribution in [3.8, 4) is 0 Å². The SMILES string of the molecule is CC1CCC(CC(=O)O)N(C(=O)OC(C)(C)C)C1. The second kappa shape index (κ2) is 5.59. The molecule has 0 spiro atoms. The first-order valence-corrected chi connectivity index (χ1v) is 6.40. The van der Waals surface area contributed by atoms with E-state index in [0.29, 0.717) is 12.5 Å². The molecule has 0 radical (unpaired) electrons. The van der Waals surface area contributed by atoms with Gasteiger partial charge >= 0.3 is 12.1 Å². The number of aliphatic carboxylic acids is 1. The van der Waals surface area contributed by atoms with Gasteiger partial charge in [0.1, 0.15) is 5.60 Å². The molecule has 0 bridgehead atoms. The molecular formula is C13H23NO4. The number of hydrogen-bond donors (Lipinski definition) is 1. The number of carbonyl (C=O) groups excluding carboxylic acids is 1. The first-order valence-electron chi connectivity index (χ1n) is 6.40. The summed E-state index contributed by atoms with van der Waals surface area (Å²) >= 11 is 0. The van der Waals surface area contributed by atoms with Crippen LogP contribution in [0.4, 0.5) is 4.79 Å². The fourth-order valence-electron chi connectivity index (χ4n) is 2.17. The van der Waals surface area contributed by atoms with Crippen LogP contribution in [0.15, 0.2) is 0 Å². The van der Waals surface area contributed by atoms with Gasteiger partial charge < -0.3 is 14.7 Å². The summed E-state index contributed by atoms with van der Waals surface area (Å²) in [6.45, 7) is 8.07. The lowest BCUT2D eigenvalue weighted by atomic mass is 9.93. The van der Waals surface area contributed by atoms with E-state index in [1.165, 1.54) is 0 Å². The van der Waals surface area contributed by atoms with Gasteiger partial charge in [0, 0.05) is 12.6 Å². The van der Waals surface area contributed by atoms with Crippen molar-refractivity contribution >= 4 is 12.1 Å². The molecule has 1 saturated heterocycles. The minimum Gasteiger partial charge on any atom is -0.481 e. The van der Waals surface area contributed by atoms with E-state index in [1.807, 2.05) is 20.8 Å². The second-order valence-corrected chi connectivity index (χ2v) is 6.07. The number of carbonyl (C=O) groups is 2. The lowest BCUT2D eigenvalue weighted by Crippen LogP contribution is -2.49. The standard InChI is InChI=1S/C13H23NO4/c1-9-5-6-10(7-11(15)16)14(8-9)12(17)18-13(2,3)4/h9-10H,5-8H2,1-4H3,(H,15,16). The van der Waals surface area contributed by atoms with Crippen molar-refractivity contribution in [1.29, 1.82) is 0 Å². The number of nitrogens with zero attached hydrogens (tertiary/aromatic N) is 1. The fraction of sp³-hybridized carbons (Fsp3) is 0.846. The molecule has 1 aliphatic rings. The molecule has 0 aromatic heterocycles. The number of carboxylic acids is 1. The van der Waals surface area contributed by atoms with E-state index < -0.39 is 17.7 Å². The molecule has 0 saturated carbocycles. The van der Waals surface area contributed by atoms with Crippen molar-refractivity contribution in [2.24, 2.45) is 5.92 Å². The lowest BCUT2D eigenvalue weighted by molar-refractivity contribution is -0.138. The maximum absolute atomic E-state index is 12.1. The number of rotatable bonds is 2. The van der Waals surface area contributed by atoms with Crippen molar-refractivity contribution in [2.45, 2.75) is 58.6 Å². The van der Waals surface area contributed by atoms with Crippen LogP contribution in [0.5, 0.6) is 0 Å². The van der Waals surface area contributed by atoms with Crippen LogP contribution in [-0.2, 0) is 9.53 Å². The Bertz CT molecular complexity index is 321. The first-order chi connectivity index (χ1) is 8.19. The third-order valence-corrected chi connectivity index (χ3v) is 2.98. The van der Waals surface area contributed by atoms with Crippen LogP contribution < -0.4 is 0 Å². The molecule has 1 N–H and O–H groups in total. The van der Waals surface area contributed by atoms with E-state index >= 15 is 0 Å². The van der Waals surface area contributed by atoms with E-state index in [2.05, 4.69) is 6.92 Å². The molecular weight excluding hydrogens is 234 g/mol. The van der Waals surface area contributed by atoms with Crippen LogP contribution in [0.3, 0.4) is 0 Å². The number of amides is 1. The summed E-state index contributed by atoms with van der Waals surface area (Å²) in [5, 5.41) is 8.88. The molecule has 2 unspecified atom stereocenters. The third-order valence-electron chi connectivity index (χ3n) is 2.98. The molecule has 1 fully saturated rings. The van der Waals surface area contributed by atoms with E-state index in [9.17, 15) is 9.59 Å². The monoisotopic (exact) mass is 257 g/mol. The zero-order chi connectivity index (χ0) is 13.9. The summed E-state index contributed by atoms with van der Waals surface area (Å²) < 4.78 is 5.33. The van der Waals surface area contributed by atoms with Crippen LogP contribution in [-0.4, -0.2) is 40.3 Å². The summed E-state index contributed by atoms with van der Waals surface area (Å²) in [6.07, 6.45) is 1.27. The Morgan fingerprint density at radius 1 is 1.33 bits per heavy atom. The highest BCUT2D eigenvalue weighted by molar-refractivity contribution is 5.72. The fourth-order valence-corrected chi connectivity index (χ4v) is 2.17. The Morgan fingerprint density at radius 3 is 2.44 bits per heavy atom. The van der Waals surface area contributed by atoms with Crippen molar-refractivity contribution in [2.75, 3.05) is 6.54 Å². The highest BCUT2D eigenvalue weighted by atomic mass is 16.6. The summed E-state index contributed by atoms with van der Waals surface area (Å²) in [6, 6.07) is -0.242. The van der Waals surface area contributed by atoms with Gasteiger partial charge in [-0.05, 0) is 39.5 Å². The van der Waals surface area contributed by atoms with Gasteiger partial charge in [0.15, 0.2) is 0 Å². The number of piperidine rings is 1. The largest absolute Gasteiger partial charge is 0.481 e. The molecule has 1 heterocycles. The second-order valence-electron chi connectivity index (χ2n) is 6.07. The molecule has 2 atom stereocenters. The van der Waals surface area contributed by atoms with Gasteiger partial charge in [-0.1, -0.05) is 6.92 Å². The molecule has 0 aromatic carbocycles. The molecule has 1 amide bonds. The van der Waals surface area contributed by atoms with Crippen LogP contribution in [0, 0.1) is 5.92 Å². The van der Waals surface area contributed by atoms with Crippen molar-refractivity contribution in [3.05, 3.63) is 0 Å². The Morgan fingerprint density at radius 2 is 1.94 bits per heavy atom. The van der Waals surface area contributed by atoms with Gasteiger partial charge in [0.25, 0.3) is 0 Å². The zero-order valence-corrected chi connectivity index (χ0v) is 11.6. The first kappa shape index (κ1) is 14.8. The molecule has 104 valence electrons. The van der Waals surface area contributed by atoms with Gasteiger partial charge in [-0.15, -0.1) is 0 Å². The average Bonchev–Trinajstić information content (AvgIpc) is 2.17. The quantitative estimate of drug-likeness (QED) is 0.825. The number of hydrogen-bond acceptors (Lipinski definition) is 3. The minimum atomic E-state index is -0.872. The Hall–Kier alpha value is -1.26. The van der Waals surface area contributed by atoms with E-state index in [4.69, 9.17) is 9.84 Å². The van der Waals surface area contributed by atoms with Crippen molar-refractivity contribution in [1.82, 2.24) is 4.90 Å². The molecule has 0 aliphatic carbocycles. The number of carboxylic acid groups (broad SMARTS) is 1. The highest BCUT2D eigenvalue weighted by Gasteiger charge is 2.33. The van der Waals surface area contributed by atoms with Crippen LogP contribution in [0.1, 0.15) is 47.0 Å². The van der Waals surface area contributed by atoms with Gasteiger partial charge in [-0.2, -0.15) is 0 Å². The minimum absolute atomic E-state index is 0.00797. The molecule has 18 heavy (non-hydrogen) atoms. The summed E-state index contributed by atoms with van der Waals surface area (Å²) in [7, 11) is 0. The smallest absolute Gasteiger partial charge is 0.410 e. The predicted octanol–water partition coefficient (Wildman–Crippen LogP) is 2.50. The van der Waals surface area contributed by atoms with Gasteiger partial charge in [0.05, 0.1) is 6.42 Å². The van der Waals surface area contributed by atoms with E-state index in [0.717, 1.165) is 12.8 Å². The van der Waals surface area contributed by atoms with Crippen LogP contribution >= 0.6 is 0 Å². The summed E-state index contributed by atoms with van der Waals surface area (Å²) in [5.41, 5.74) is -0.550. The predicted molar refractivity (Wildman–Crippen MR) is 67.4 cm³/mol.